The molecule has 124 valence electrons. The van der Waals surface area contributed by atoms with E-state index in [2.05, 4.69) is 4.74 Å². The zero-order valence-electron chi connectivity index (χ0n) is 13.6. The van der Waals surface area contributed by atoms with E-state index >= 15 is 0 Å². The van der Waals surface area contributed by atoms with Crippen LogP contribution in [0.1, 0.15) is 23.2 Å². The molecule has 0 aliphatic carbocycles. The van der Waals surface area contributed by atoms with Gasteiger partial charge in [0.05, 0.1) is 7.11 Å². The standard InChI is InChI=1S/C20H20O4/c1-23-20(22)24-14-8-4-2-3-5-11-19(21)18-13-12-16-9-6-7-10-17(16)15-18/h4-13,15H,2-3,14H2,1H3/b8-4+,11-5+. The van der Waals surface area contributed by atoms with Gasteiger partial charge in [-0.05, 0) is 35.8 Å². The second-order valence-electron chi connectivity index (χ2n) is 5.14. The highest BCUT2D eigenvalue weighted by Gasteiger charge is 2.02. The third-order valence-electron chi connectivity index (χ3n) is 3.43. The Morgan fingerprint density at radius 1 is 0.958 bits per heavy atom. The molecule has 2 aromatic carbocycles. The summed E-state index contributed by atoms with van der Waals surface area (Å²) >= 11 is 0. The summed E-state index contributed by atoms with van der Waals surface area (Å²) in [5.74, 6) is -0.00115. The number of fused-ring (bicyclic) bond motifs is 1. The van der Waals surface area contributed by atoms with Gasteiger partial charge in [-0.1, -0.05) is 54.6 Å². The first-order chi connectivity index (χ1) is 11.7. The van der Waals surface area contributed by atoms with Crippen LogP contribution in [0.2, 0.25) is 0 Å². The van der Waals surface area contributed by atoms with Gasteiger partial charge in [0.15, 0.2) is 5.78 Å². The van der Waals surface area contributed by atoms with E-state index in [1.807, 2.05) is 54.6 Å². The molecular weight excluding hydrogens is 304 g/mol. The number of ketones is 1. The van der Waals surface area contributed by atoms with Crippen LogP contribution in [-0.2, 0) is 9.47 Å². The average Bonchev–Trinajstić information content (AvgIpc) is 2.62. The lowest BCUT2D eigenvalue weighted by Crippen LogP contribution is -2.03. The molecule has 0 atom stereocenters. The number of allylic oxidation sites excluding steroid dienone is 3. The lowest BCUT2D eigenvalue weighted by molar-refractivity contribution is 0.0817. The molecule has 0 spiro atoms. The van der Waals surface area contributed by atoms with Crippen LogP contribution in [0.15, 0.2) is 66.8 Å². The molecule has 0 amide bonds. The monoisotopic (exact) mass is 324 g/mol. The Morgan fingerprint density at radius 2 is 1.71 bits per heavy atom. The molecule has 0 unspecified atom stereocenters. The molecule has 2 rings (SSSR count). The minimum absolute atomic E-state index is 0.00115. The van der Waals surface area contributed by atoms with Crippen LogP contribution in [0.4, 0.5) is 4.79 Å². The third kappa shape index (κ3) is 5.39. The number of hydrogen-bond donors (Lipinski definition) is 0. The summed E-state index contributed by atoms with van der Waals surface area (Å²) in [6.45, 7) is 0.187. The van der Waals surface area contributed by atoms with Crippen molar-refractivity contribution in [2.45, 2.75) is 12.8 Å². The number of rotatable bonds is 7. The summed E-state index contributed by atoms with van der Waals surface area (Å²) in [6, 6.07) is 13.7. The molecule has 0 radical (unpaired) electrons. The van der Waals surface area contributed by atoms with E-state index in [0.29, 0.717) is 5.56 Å². The molecule has 0 fully saturated rings. The molecule has 0 aliphatic heterocycles. The predicted molar refractivity (Wildman–Crippen MR) is 94.1 cm³/mol. The highest BCUT2D eigenvalue weighted by atomic mass is 16.7. The van der Waals surface area contributed by atoms with Crippen molar-refractivity contribution in [3.05, 3.63) is 72.3 Å². The lowest BCUT2D eigenvalue weighted by atomic mass is 10.0. The smallest absolute Gasteiger partial charge is 0.438 e. The van der Waals surface area contributed by atoms with E-state index in [9.17, 15) is 9.59 Å². The summed E-state index contributed by atoms with van der Waals surface area (Å²) in [7, 11) is 1.27. The quantitative estimate of drug-likeness (QED) is 0.244. The summed E-state index contributed by atoms with van der Waals surface area (Å²) in [5.41, 5.74) is 0.687. The van der Waals surface area contributed by atoms with Crippen molar-refractivity contribution in [3.63, 3.8) is 0 Å². The molecule has 0 saturated carbocycles. The maximum Gasteiger partial charge on any atom is 0.508 e. The summed E-state index contributed by atoms with van der Waals surface area (Å²) in [4.78, 5) is 22.9. The van der Waals surface area contributed by atoms with Crippen molar-refractivity contribution in [3.8, 4) is 0 Å². The van der Waals surface area contributed by atoms with Gasteiger partial charge in [0.1, 0.15) is 6.61 Å². The topological polar surface area (TPSA) is 52.6 Å². The second kappa shape index (κ2) is 9.30. The number of benzene rings is 2. The van der Waals surface area contributed by atoms with Gasteiger partial charge < -0.3 is 9.47 Å². The molecule has 4 nitrogen and oxygen atoms in total. The summed E-state index contributed by atoms with van der Waals surface area (Å²) in [5, 5.41) is 2.18. The van der Waals surface area contributed by atoms with Crippen LogP contribution in [0, 0.1) is 0 Å². The van der Waals surface area contributed by atoms with Crippen LogP contribution in [0.3, 0.4) is 0 Å². The van der Waals surface area contributed by atoms with Crippen LogP contribution >= 0.6 is 0 Å². The van der Waals surface area contributed by atoms with Crippen molar-refractivity contribution >= 4 is 22.7 Å². The van der Waals surface area contributed by atoms with Crippen molar-refractivity contribution in [1.82, 2.24) is 0 Å². The van der Waals surface area contributed by atoms with E-state index in [4.69, 9.17) is 4.74 Å². The number of methoxy groups -OCH3 is 1. The lowest BCUT2D eigenvalue weighted by Gasteiger charge is -2.00. The van der Waals surface area contributed by atoms with Crippen molar-refractivity contribution in [2.24, 2.45) is 0 Å². The van der Waals surface area contributed by atoms with Crippen LogP contribution in [-0.4, -0.2) is 25.7 Å². The van der Waals surface area contributed by atoms with Crippen LogP contribution < -0.4 is 0 Å². The van der Waals surface area contributed by atoms with Gasteiger partial charge in [0, 0.05) is 5.56 Å². The van der Waals surface area contributed by atoms with E-state index in [-0.39, 0.29) is 12.4 Å². The number of carbonyl (C=O) groups is 2. The Hall–Kier alpha value is -2.88. The van der Waals surface area contributed by atoms with Gasteiger partial charge in [-0.3, -0.25) is 4.79 Å². The molecular formula is C20H20O4. The first kappa shape index (κ1) is 17.5. The molecule has 24 heavy (non-hydrogen) atoms. The molecule has 0 saturated heterocycles. The Bertz CT molecular complexity index is 759. The number of unbranched alkanes of at least 4 members (excludes halogenated alkanes) is 1. The normalized spacial score (nSPS) is 11.2. The van der Waals surface area contributed by atoms with E-state index < -0.39 is 6.16 Å². The molecule has 2 aromatic rings. The Labute approximate surface area is 141 Å². The maximum atomic E-state index is 12.2. The highest BCUT2D eigenvalue weighted by molar-refractivity contribution is 6.06. The number of ether oxygens (including phenoxy) is 2. The second-order valence-corrected chi connectivity index (χ2v) is 5.14. The summed E-state index contributed by atoms with van der Waals surface area (Å²) in [6.07, 6.45) is 7.91. The minimum atomic E-state index is -0.694. The van der Waals surface area contributed by atoms with Gasteiger partial charge in [-0.2, -0.15) is 0 Å². The largest absolute Gasteiger partial charge is 0.508 e. The van der Waals surface area contributed by atoms with E-state index in [1.165, 1.54) is 7.11 Å². The van der Waals surface area contributed by atoms with Gasteiger partial charge in [0.2, 0.25) is 0 Å². The fraction of sp³-hybridized carbons (Fsp3) is 0.200. The fourth-order valence-corrected chi connectivity index (χ4v) is 2.18. The molecule has 4 heteroatoms. The van der Waals surface area contributed by atoms with E-state index in [0.717, 1.165) is 23.6 Å². The number of carbonyl (C=O) groups excluding carboxylic acids is 2. The van der Waals surface area contributed by atoms with E-state index in [1.54, 1.807) is 12.2 Å². The van der Waals surface area contributed by atoms with Gasteiger partial charge in [-0.15, -0.1) is 0 Å². The zero-order valence-corrected chi connectivity index (χ0v) is 13.6. The number of hydrogen-bond acceptors (Lipinski definition) is 4. The van der Waals surface area contributed by atoms with Crippen LogP contribution in [0.5, 0.6) is 0 Å². The molecule has 0 aromatic heterocycles. The fourth-order valence-electron chi connectivity index (χ4n) is 2.18. The zero-order chi connectivity index (χ0) is 17.2. The van der Waals surface area contributed by atoms with Crippen LogP contribution in [0.25, 0.3) is 10.8 Å². The Kier molecular flexibility index (Phi) is 6.77. The average molecular weight is 324 g/mol. The first-order valence-electron chi connectivity index (χ1n) is 7.76. The molecule has 0 heterocycles. The Balaban J connectivity index is 1.78. The molecule has 0 bridgehead atoms. The Morgan fingerprint density at radius 3 is 2.50 bits per heavy atom. The van der Waals surface area contributed by atoms with Gasteiger partial charge >= 0.3 is 6.16 Å². The van der Waals surface area contributed by atoms with Crippen molar-refractivity contribution in [2.75, 3.05) is 13.7 Å². The first-order valence-corrected chi connectivity index (χ1v) is 7.76. The maximum absolute atomic E-state index is 12.2. The predicted octanol–water partition coefficient (Wildman–Crippen LogP) is 4.70. The van der Waals surface area contributed by atoms with Crippen molar-refractivity contribution in [1.29, 1.82) is 0 Å². The highest BCUT2D eigenvalue weighted by Crippen LogP contribution is 2.16. The minimum Gasteiger partial charge on any atom is -0.438 e. The van der Waals surface area contributed by atoms with Gasteiger partial charge in [0.25, 0.3) is 0 Å². The summed E-state index contributed by atoms with van der Waals surface area (Å²) < 4.78 is 9.06. The SMILES string of the molecule is COC(=O)OC/C=C/CC/C=C/C(=O)c1ccc2ccccc2c1. The molecule has 0 aliphatic rings. The molecule has 0 N–H and O–H groups in total. The third-order valence-corrected chi connectivity index (χ3v) is 3.43. The van der Waals surface area contributed by atoms with Crippen molar-refractivity contribution < 1.29 is 19.1 Å². The van der Waals surface area contributed by atoms with Gasteiger partial charge in [-0.25, -0.2) is 4.79 Å².